The van der Waals surface area contributed by atoms with Gasteiger partial charge in [0.1, 0.15) is 18.0 Å². The van der Waals surface area contributed by atoms with Crippen LogP contribution < -0.4 is 0 Å². The third-order valence-electron chi connectivity index (χ3n) is 12.4. The highest BCUT2D eigenvalue weighted by molar-refractivity contribution is 5.74. The number of imidazole rings is 1. The average Bonchev–Trinajstić information content (AvgIpc) is 3.49. The number of carbonyl (C=O) groups is 2. The first-order valence-electron chi connectivity index (χ1n) is 15.9. The summed E-state index contributed by atoms with van der Waals surface area (Å²) in [6.07, 6.45) is 11.0. The van der Waals surface area contributed by atoms with Crippen molar-refractivity contribution in [3.63, 3.8) is 0 Å². The number of rotatable bonds is 6. The molecular formula is C34H48N2O4. The topological polar surface area (TPSA) is 81.3 Å². The Bertz CT molecular complexity index is 1220. The third kappa shape index (κ3) is 4.67. The Kier molecular flexibility index (Phi) is 7.28. The number of H-pyrrole nitrogens is 1. The van der Waals surface area contributed by atoms with E-state index in [-0.39, 0.29) is 35.0 Å². The fourth-order valence-corrected chi connectivity index (χ4v) is 10.5. The van der Waals surface area contributed by atoms with E-state index in [1.54, 1.807) is 6.92 Å². The molecule has 40 heavy (non-hydrogen) atoms. The van der Waals surface area contributed by atoms with Crippen molar-refractivity contribution < 1.29 is 19.1 Å². The SMILES string of the molecule is CC(=O)O[C@H]1CC[C@@]2(C)[C@@H](CC[C@H]3[C@H]2C[C@@H](OC(C)=O)[C@@]2(C)[C@@H]3CC[C@H]2[C@@H](C)CCc2nc3ccccc3[nH]2)C1. The minimum absolute atomic E-state index is 0.0122. The average molecular weight is 549 g/mol. The van der Waals surface area contributed by atoms with E-state index in [2.05, 4.69) is 44.0 Å². The zero-order valence-corrected chi connectivity index (χ0v) is 25.1. The highest BCUT2D eigenvalue weighted by atomic mass is 16.5. The maximum atomic E-state index is 12.5. The Balaban J connectivity index is 1.22. The summed E-state index contributed by atoms with van der Waals surface area (Å²) in [6, 6.07) is 8.26. The summed E-state index contributed by atoms with van der Waals surface area (Å²) in [5, 5.41) is 0. The number of fused-ring (bicyclic) bond motifs is 6. The van der Waals surface area contributed by atoms with Gasteiger partial charge in [-0.1, -0.05) is 32.9 Å². The molecule has 4 fully saturated rings. The van der Waals surface area contributed by atoms with Crippen molar-refractivity contribution in [3.05, 3.63) is 30.1 Å². The molecule has 218 valence electrons. The van der Waals surface area contributed by atoms with Crippen LogP contribution in [0.4, 0.5) is 0 Å². The number of hydrogen-bond acceptors (Lipinski definition) is 5. The minimum atomic E-state index is -0.155. The molecule has 0 radical (unpaired) electrons. The van der Waals surface area contributed by atoms with E-state index < -0.39 is 0 Å². The van der Waals surface area contributed by atoms with Gasteiger partial charge >= 0.3 is 11.9 Å². The number of nitrogens with zero attached hydrogens (tertiary/aromatic N) is 1. The van der Waals surface area contributed by atoms with Crippen LogP contribution in [0, 0.1) is 46.3 Å². The van der Waals surface area contributed by atoms with Crippen molar-refractivity contribution in [1.29, 1.82) is 0 Å². The second-order valence-electron chi connectivity index (χ2n) is 14.3. The van der Waals surface area contributed by atoms with Crippen molar-refractivity contribution in [2.75, 3.05) is 0 Å². The van der Waals surface area contributed by atoms with Gasteiger partial charge in [-0.3, -0.25) is 9.59 Å². The second-order valence-corrected chi connectivity index (χ2v) is 14.3. The van der Waals surface area contributed by atoms with E-state index in [0.717, 1.165) is 55.4 Å². The first kappa shape index (κ1) is 27.8. The lowest BCUT2D eigenvalue weighted by molar-refractivity contribution is -0.197. The van der Waals surface area contributed by atoms with E-state index in [1.807, 2.05) is 6.07 Å². The monoisotopic (exact) mass is 548 g/mol. The van der Waals surface area contributed by atoms with Gasteiger partial charge < -0.3 is 14.5 Å². The fourth-order valence-electron chi connectivity index (χ4n) is 10.5. The van der Waals surface area contributed by atoms with Crippen LogP contribution in [0.3, 0.4) is 0 Å². The molecule has 1 N–H and O–H groups in total. The zero-order chi connectivity index (χ0) is 28.2. The number of aryl methyl sites for hydroxylation is 1. The fraction of sp³-hybridized carbons (Fsp3) is 0.735. The summed E-state index contributed by atoms with van der Waals surface area (Å²) in [4.78, 5) is 32.5. The molecular weight excluding hydrogens is 500 g/mol. The second kappa shape index (κ2) is 10.5. The number of carbonyl (C=O) groups excluding carboxylic acids is 2. The lowest BCUT2D eigenvalue weighted by Gasteiger charge is -2.62. The van der Waals surface area contributed by atoms with Crippen LogP contribution >= 0.6 is 0 Å². The van der Waals surface area contributed by atoms with E-state index in [0.29, 0.717) is 35.5 Å². The highest BCUT2D eigenvalue weighted by Gasteiger charge is 2.65. The van der Waals surface area contributed by atoms with Crippen molar-refractivity contribution >= 4 is 23.0 Å². The van der Waals surface area contributed by atoms with Gasteiger partial charge in [0.2, 0.25) is 0 Å². The van der Waals surface area contributed by atoms with E-state index >= 15 is 0 Å². The summed E-state index contributed by atoms with van der Waals surface area (Å²) in [6.45, 7) is 10.5. The summed E-state index contributed by atoms with van der Waals surface area (Å²) in [7, 11) is 0. The van der Waals surface area contributed by atoms with Crippen LogP contribution in [0.15, 0.2) is 24.3 Å². The van der Waals surface area contributed by atoms with Crippen molar-refractivity contribution in [2.24, 2.45) is 46.3 Å². The molecule has 1 heterocycles. The van der Waals surface area contributed by atoms with Crippen LogP contribution in [-0.2, 0) is 25.5 Å². The van der Waals surface area contributed by atoms with Crippen LogP contribution in [0.2, 0.25) is 0 Å². The number of hydrogen-bond donors (Lipinski definition) is 1. The standard InChI is InChI=1S/C34H48N2O4/c1-20(10-15-32-35-29-8-6-7-9-30(29)36-32)26-13-14-27-25-12-11-23-18-24(39-21(2)37)16-17-33(23,4)28(25)19-31(34(26,27)5)40-22(3)38/h6-9,20,23-28,31H,10-19H2,1-5H3,(H,35,36)/t20-,23-,24-,25+,26-,27+,28+,31+,33-,34+/m0/s1. The Hall–Kier alpha value is -2.37. The van der Waals surface area contributed by atoms with Crippen molar-refractivity contribution in [2.45, 2.75) is 111 Å². The lowest BCUT2D eigenvalue weighted by Crippen LogP contribution is -2.59. The number of aromatic nitrogens is 2. The molecule has 1 aromatic carbocycles. The maximum absolute atomic E-state index is 12.5. The molecule has 0 bridgehead atoms. The molecule has 6 heteroatoms. The number of para-hydroxylation sites is 2. The molecule has 6 rings (SSSR count). The number of benzene rings is 1. The van der Waals surface area contributed by atoms with Gasteiger partial charge in [0, 0.05) is 25.7 Å². The number of nitrogens with one attached hydrogen (secondary N) is 1. The molecule has 0 saturated heterocycles. The van der Waals surface area contributed by atoms with Crippen molar-refractivity contribution in [1.82, 2.24) is 9.97 Å². The molecule has 4 saturated carbocycles. The van der Waals surface area contributed by atoms with Gasteiger partial charge in [-0.2, -0.15) is 0 Å². The van der Waals surface area contributed by atoms with Gasteiger partial charge in [-0.15, -0.1) is 0 Å². The lowest BCUT2D eigenvalue weighted by atomic mass is 9.43. The Morgan fingerprint density at radius 3 is 2.52 bits per heavy atom. The predicted molar refractivity (Wildman–Crippen MR) is 155 cm³/mol. The van der Waals surface area contributed by atoms with E-state index in [9.17, 15) is 9.59 Å². The summed E-state index contributed by atoms with van der Waals surface area (Å²) in [5.74, 6) is 4.28. The van der Waals surface area contributed by atoms with Gasteiger partial charge in [-0.05, 0) is 111 Å². The van der Waals surface area contributed by atoms with Gasteiger partial charge in [0.25, 0.3) is 0 Å². The Morgan fingerprint density at radius 2 is 1.77 bits per heavy atom. The first-order chi connectivity index (χ1) is 19.1. The number of esters is 2. The van der Waals surface area contributed by atoms with Crippen molar-refractivity contribution in [3.8, 4) is 0 Å². The molecule has 0 unspecified atom stereocenters. The number of ether oxygens (including phenoxy) is 2. The molecule has 0 spiro atoms. The van der Waals surface area contributed by atoms with Crippen LogP contribution in [0.25, 0.3) is 11.0 Å². The molecule has 10 atom stereocenters. The van der Waals surface area contributed by atoms with E-state index in [4.69, 9.17) is 14.5 Å². The Morgan fingerprint density at radius 1 is 1.00 bits per heavy atom. The highest BCUT2D eigenvalue weighted by Crippen LogP contribution is 2.69. The van der Waals surface area contributed by atoms with Gasteiger partial charge in [0.15, 0.2) is 0 Å². The van der Waals surface area contributed by atoms with Crippen LogP contribution in [-0.4, -0.2) is 34.1 Å². The number of aromatic amines is 1. The molecule has 2 aromatic rings. The molecule has 6 nitrogen and oxygen atoms in total. The normalized spacial score (nSPS) is 39.6. The summed E-state index contributed by atoms with van der Waals surface area (Å²) < 4.78 is 12.0. The quantitative estimate of drug-likeness (QED) is 0.384. The summed E-state index contributed by atoms with van der Waals surface area (Å²) in [5.41, 5.74) is 2.39. The molecule has 4 aliphatic rings. The Labute approximate surface area is 239 Å². The minimum Gasteiger partial charge on any atom is -0.463 e. The molecule has 0 aliphatic heterocycles. The van der Waals surface area contributed by atoms with Crippen LogP contribution in [0.1, 0.15) is 98.2 Å². The molecule has 0 amide bonds. The first-order valence-corrected chi connectivity index (χ1v) is 15.9. The van der Waals surface area contributed by atoms with Gasteiger partial charge in [-0.25, -0.2) is 4.98 Å². The predicted octanol–water partition coefficient (Wildman–Crippen LogP) is 7.26. The third-order valence-corrected chi connectivity index (χ3v) is 12.4. The van der Waals surface area contributed by atoms with E-state index in [1.165, 1.54) is 32.6 Å². The van der Waals surface area contributed by atoms with Crippen LogP contribution in [0.5, 0.6) is 0 Å². The largest absolute Gasteiger partial charge is 0.463 e. The molecule has 4 aliphatic carbocycles. The zero-order valence-electron chi connectivity index (χ0n) is 25.1. The van der Waals surface area contributed by atoms with Gasteiger partial charge in [0.05, 0.1) is 11.0 Å². The smallest absolute Gasteiger partial charge is 0.302 e. The molecule has 1 aromatic heterocycles. The summed E-state index contributed by atoms with van der Waals surface area (Å²) >= 11 is 0. The maximum Gasteiger partial charge on any atom is 0.302 e.